The van der Waals surface area contributed by atoms with Gasteiger partial charge < -0.3 is 10.6 Å². The number of benzene rings is 2. The fourth-order valence-corrected chi connectivity index (χ4v) is 2.39. The molecular weight excluding hydrogens is 345 g/mol. The first kappa shape index (κ1) is 18.0. The van der Waals surface area contributed by atoms with Crippen molar-refractivity contribution in [2.45, 2.75) is 6.42 Å². The Morgan fingerprint density at radius 1 is 1.11 bits per heavy atom. The van der Waals surface area contributed by atoms with E-state index in [0.717, 1.165) is 5.56 Å². The normalized spacial score (nSPS) is 10.1. The van der Waals surface area contributed by atoms with Crippen LogP contribution in [0.2, 0.25) is 0 Å². The molecule has 0 saturated heterocycles. The van der Waals surface area contributed by atoms with E-state index in [-0.39, 0.29) is 17.4 Å². The number of carbonyl (C=O) groups is 1. The molecule has 0 aliphatic heterocycles. The summed E-state index contributed by atoms with van der Waals surface area (Å²) < 4.78 is 12.9. The second-order valence-corrected chi connectivity index (χ2v) is 5.74. The fraction of sp³-hybridized carbons (Fsp3) is 0.100. The van der Waals surface area contributed by atoms with Crippen molar-refractivity contribution in [3.8, 4) is 6.07 Å². The van der Waals surface area contributed by atoms with E-state index in [1.165, 1.54) is 24.5 Å². The van der Waals surface area contributed by atoms with Crippen molar-refractivity contribution >= 4 is 17.4 Å². The molecule has 2 N–H and O–H groups in total. The van der Waals surface area contributed by atoms with E-state index < -0.39 is 0 Å². The lowest BCUT2D eigenvalue weighted by Gasteiger charge is -2.07. The van der Waals surface area contributed by atoms with Crippen LogP contribution in [0, 0.1) is 17.1 Å². The Morgan fingerprint density at radius 2 is 1.93 bits per heavy atom. The van der Waals surface area contributed by atoms with Crippen LogP contribution in [-0.4, -0.2) is 22.4 Å². The number of aromatic nitrogens is 2. The van der Waals surface area contributed by atoms with Crippen LogP contribution in [0.5, 0.6) is 0 Å². The Hall–Kier alpha value is -3.79. The summed E-state index contributed by atoms with van der Waals surface area (Å²) in [5.41, 5.74) is 2.37. The highest BCUT2D eigenvalue weighted by atomic mass is 19.1. The third-order valence-electron chi connectivity index (χ3n) is 3.76. The standard InChI is InChI=1S/C20H16FN5O/c21-16-6-4-14(5-7-16)8-9-23-20(27)18-12-25-19(13-24-18)26-17-3-1-2-15(10-17)11-22/h1-7,10,12-13H,8-9H2,(H,23,27)(H,25,26). The van der Waals surface area contributed by atoms with Gasteiger partial charge in [0.25, 0.3) is 5.91 Å². The maximum Gasteiger partial charge on any atom is 0.271 e. The molecule has 0 aliphatic carbocycles. The summed E-state index contributed by atoms with van der Waals surface area (Å²) in [5.74, 6) is -0.151. The van der Waals surface area contributed by atoms with Crippen LogP contribution in [0.25, 0.3) is 0 Å². The maximum atomic E-state index is 12.9. The van der Waals surface area contributed by atoms with Crippen molar-refractivity contribution in [1.82, 2.24) is 15.3 Å². The number of carbonyl (C=O) groups excluding carboxylic acids is 1. The molecule has 3 aromatic rings. The van der Waals surface area contributed by atoms with E-state index in [4.69, 9.17) is 5.26 Å². The molecule has 3 rings (SSSR count). The van der Waals surface area contributed by atoms with Gasteiger partial charge in [-0.15, -0.1) is 0 Å². The van der Waals surface area contributed by atoms with E-state index in [9.17, 15) is 9.18 Å². The largest absolute Gasteiger partial charge is 0.350 e. The lowest BCUT2D eigenvalue weighted by Crippen LogP contribution is -2.26. The van der Waals surface area contributed by atoms with Gasteiger partial charge in [0.1, 0.15) is 17.3 Å². The zero-order valence-electron chi connectivity index (χ0n) is 14.3. The van der Waals surface area contributed by atoms with Crippen LogP contribution in [0.15, 0.2) is 60.9 Å². The van der Waals surface area contributed by atoms with Crippen molar-refractivity contribution in [2.75, 3.05) is 11.9 Å². The fourth-order valence-electron chi connectivity index (χ4n) is 2.39. The summed E-state index contributed by atoms with van der Waals surface area (Å²) in [6.45, 7) is 0.410. The van der Waals surface area contributed by atoms with Crippen LogP contribution in [0.4, 0.5) is 15.9 Å². The van der Waals surface area contributed by atoms with Gasteiger partial charge in [-0.3, -0.25) is 4.79 Å². The second-order valence-electron chi connectivity index (χ2n) is 5.74. The molecule has 7 heteroatoms. The number of hydrogen-bond acceptors (Lipinski definition) is 5. The molecule has 0 atom stereocenters. The number of nitrogens with one attached hydrogen (secondary N) is 2. The van der Waals surface area contributed by atoms with Crippen molar-refractivity contribution in [3.63, 3.8) is 0 Å². The van der Waals surface area contributed by atoms with Gasteiger partial charge in [0.15, 0.2) is 0 Å². The number of anilines is 2. The molecular formula is C20H16FN5O. The number of amides is 1. The van der Waals surface area contributed by atoms with E-state index in [2.05, 4.69) is 26.7 Å². The molecule has 1 heterocycles. The van der Waals surface area contributed by atoms with Crippen LogP contribution in [0.1, 0.15) is 21.6 Å². The lowest BCUT2D eigenvalue weighted by atomic mass is 10.1. The second kappa shape index (κ2) is 8.54. The maximum absolute atomic E-state index is 12.9. The van der Waals surface area contributed by atoms with E-state index in [1.807, 2.05) is 0 Å². The molecule has 0 spiro atoms. The molecule has 2 aromatic carbocycles. The van der Waals surface area contributed by atoms with Crippen LogP contribution in [0.3, 0.4) is 0 Å². The van der Waals surface area contributed by atoms with Crippen LogP contribution in [-0.2, 0) is 6.42 Å². The zero-order valence-corrected chi connectivity index (χ0v) is 14.3. The van der Waals surface area contributed by atoms with E-state index >= 15 is 0 Å². The minimum absolute atomic E-state index is 0.199. The molecule has 0 unspecified atom stereocenters. The third-order valence-corrected chi connectivity index (χ3v) is 3.76. The van der Waals surface area contributed by atoms with Gasteiger partial charge in [-0.05, 0) is 42.3 Å². The average Bonchev–Trinajstić information content (AvgIpc) is 2.70. The van der Waals surface area contributed by atoms with Gasteiger partial charge in [0.05, 0.1) is 24.0 Å². The summed E-state index contributed by atoms with van der Waals surface area (Å²) >= 11 is 0. The van der Waals surface area contributed by atoms with Gasteiger partial charge in [-0.2, -0.15) is 5.26 Å². The highest BCUT2D eigenvalue weighted by molar-refractivity contribution is 5.92. The Labute approximate surface area is 155 Å². The lowest BCUT2D eigenvalue weighted by molar-refractivity contribution is 0.0949. The van der Waals surface area contributed by atoms with Gasteiger partial charge in [0, 0.05) is 12.2 Å². The quantitative estimate of drug-likeness (QED) is 0.704. The van der Waals surface area contributed by atoms with Crippen LogP contribution < -0.4 is 10.6 Å². The van der Waals surface area contributed by atoms with Crippen molar-refractivity contribution in [1.29, 1.82) is 5.26 Å². The number of nitrogens with zero attached hydrogens (tertiary/aromatic N) is 3. The third kappa shape index (κ3) is 5.09. The minimum Gasteiger partial charge on any atom is -0.350 e. The first-order chi connectivity index (χ1) is 13.1. The van der Waals surface area contributed by atoms with Crippen molar-refractivity contribution < 1.29 is 9.18 Å². The van der Waals surface area contributed by atoms with E-state index in [0.29, 0.717) is 30.0 Å². The molecule has 0 saturated carbocycles. The molecule has 27 heavy (non-hydrogen) atoms. The topological polar surface area (TPSA) is 90.7 Å². The van der Waals surface area contributed by atoms with Gasteiger partial charge in [0.2, 0.25) is 0 Å². The molecule has 0 radical (unpaired) electrons. The number of halogens is 1. The van der Waals surface area contributed by atoms with Gasteiger partial charge in [-0.25, -0.2) is 14.4 Å². The van der Waals surface area contributed by atoms with Crippen molar-refractivity contribution in [3.05, 3.63) is 83.6 Å². The first-order valence-corrected chi connectivity index (χ1v) is 8.26. The first-order valence-electron chi connectivity index (χ1n) is 8.26. The van der Waals surface area contributed by atoms with Gasteiger partial charge in [-0.1, -0.05) is 18.2 Å². The predicted molar refractivity (Wildman–Crippen MR) is 98.9 cm³/mol. The van der Waals surface area contributed by atoms with Gasteiger partial charge >= 0.3 is 0 Å². The number of hydrogen-bond donors (Lipinski definition) is 2. The summed E-state index contributed by atoms with van der Waals surface area (Å²) in [5, 5.41) is 14.7. The monoisotopic (exact) mass is 361 g/mol. The highest BCUT2D eigenvalue weighted by Crippen LogP contribution is 2.15. The zero-order chi connectivity index (χ0) is 19.1. The SMILES string of the molecule is N#Cc1cccc(Nc2cnc(C(=O)NCCc3ccc(F)cc3)cn2)c1. The molecule has 0 bridgehead atoms. The Kier molecular flexibility index (Phi) is 5.70. The highest BCUT2D eigenvalue weighted by Gasteiger charge is 2.08. The number of rotatable bonds is 6. The van der Waals surface area contributed by atoms with Crippen molar-refractivity contribution in [2.24, 2.45) is 0 Å². The Balaban J connectivity index is 1.53. The molecule has 6 nitrogen and oxygen atoms in total. The Bertz CT molecular complexity index is 965. The smallest absolute Gasteiger partial charge is 0.271 e. The molecule has 1 aromatic heterocycles. The molecule has 0 aliphatic rings. The average molecular weight is 361 g/mol. The predicted octanol–water partition coefficient (Wildman–Crippen LogP) is 3.20. The molecule has 0 fully saturated rings. The summed E-state index contributed by atoms with van der Waals surface area (Å²) in [6.07, 6.45) is 3.42. The molecule has 134 valence electrons. The Morgan fingerprint density at radius 3 is 2.63 bits per heavy atom. The summed E-state index contributed by atoms with van der Waals surface area (Å²) in [4.78, 5) is 20.4. The van der Waals surface area contributed by atoms with Crippen LogP contribution >= 0.6 is 0 Å². The number of nitriles is 1. The van der Waals surface area contributed by atoms with E-state index in [1.54, 1.807) is 36.4 Å². The summed E-state index contributed by atoms with van der Waals surface area (Å²) in [6, 6.07) is 15.2. The summed E-state index contributed by atoms with van der Waals surface area (Å²) in [7, 11) is 0. The minimum atomic E-state index is -0.331. The molecule has 1 amide bonds.